The molecule has 2 aromatic carbocycles. The van der Waals surface area contributed by atoms with E-state index in [1.807, 2.05) is 0 Å². The summed E-state index contributed by atoms with van der Waals surface area (Å²) < 4.78 is 8.96. The van der Waals surface area contributed by atoms with Crippen molar-refractivity contribution in [3.8, 4) is 0 Å². The molecule has 0 fully saturated rings. The fourth-order valence-electron chi connectivity index (χ4n) is 2.76. The molecule has 1 atom stereocenters. The molecule has 0 aliphatic carbocycles. The van der Waals surface area contributed by atoms with Gasteiger partial charge in [-0.2, -0.15) is 0 Å². The number of halogens is 1. The predicted molar refractivity (Wildman–Crippen MR) is 122 cm³/mol. The van der Waals surface area contributed by atoms with E-state index in [0.29, 0.717) is 0 Å². The van der Waals surface area contributed by atoms with Gasteiger partial charge < -0.3 is 4.43 Å². The van der Waals surface area contributed by atoms with Crippen LogP contribution in [0.3, 0.4) is 0 Å². The van der Waals surface area contributed by atoms with Gasteiger partial charge in [0.2, 0.25) is 0 Å². The molecule has 0 bridgehead atoms. The van der Waals surface area contributed by atoms with Gasteiger partial charge in [0.05, 0.1) is 6.10 Å². The molecule has 136 valence electrons. The third-order valence-corrected chi connectivity index (χ3v) is 10.7. The number of hydrogen-bond acceptors (Lipinski definition) is 1. The van der Waals surface area contributed by atoms with Crippen LogP contribution in [-0.2, 0) is 10.8 Å². The molecule has 0 aromatic heterocycles. The van der Waals surface area contributed by atoms with Crippen molar-refractivity contribution < 1.29 is 4.43 Å². The van der Waals surface area contributed by atoms with E-state index >= 15 is 0 Å². The Hall–Kier alpha value is -0.653. The second-order valence-corrected chi connectivity index (χ2v) is 13.7. The van der Waals surface area contributed by atoms with E-state index in [4.69, 9.17) is 4.43 Å². The summed E-state index contributed by atoms with van der Waals surface area (Å²) in [7, 11) is -1.77. The summed E-state index contributed by atoms with van der Waals surface area (Å²) in [5.41, 5.74) is 2.75. The van der Waals surface area contributed by atoms with Crippen LogP contribution in [0.1, 0.15) is 39.7 Å². The molecule has 2 rings (SSSR count). The zero-order valence-corrected chi connectivity index (χ0v) is 19.6. The first-order valence-corrected chi connectivity index (χ1v) is 13.3. The standard InChI is InChI=1S/C22H31IOSi/c1-7-21(24-25(5,6)22(2,3)4)20(16-23)15-17-12-13-18-10-8-9-11-19(18)14-17/h8-14,16,21H,7,15H2,1-6H3/b20-16+. The maximum Gasteiger partial charge on any atom is 0.192 e. The Kier molecular flexibility index (Phi) is 6.91. The van der Waals surface area contributed by atoms with Crippen LogP contribution in [0.15, 0.2) is 52.1 Å². The Morgan fingerprint density at radius 3 is 2.32 bits per heavy atom. The Morgan fingerprint density at radius 2 is 1.76 bits per heavy atom. The van der Waals surface area contributed by atoms with E-state index < -0.39 is 8.32 Å². The largest absolute Gasteiger partial charge is 0.410 e. The summed E-state index contributed by atoms with van der Waals surface area (Å²) in [5, 5.41) is 2.85. The Bertz CT molecular complexity index is 743. The lowest BCUT2D eigenvalue weighted by Gasteiger charge is -2.39. The molecule has 0 heterocycles. The summed E-state index contributed by atoms with van der Waals surface area (Å²) in [6.45, 7) is 13.8. The van der Waals surface area contributed by atoms with E-state index in [0.717, 1.165) is 12.8 Å². The zero-order chi connectivity index (χ0) is 18.7. The van der Waals surface area contributed by atoms with Crippen LogP contribution in [0.4, 0.5) is 0 Å². The molecule has 25 heavy (non-hydrogen) atoms. The third-order valence-electron chi connectivity index (χ3n) is 5.39. The topological polar surface area (TPSA) is 9.23 Å². The van der Waals surface area contributed by atoms with Crippen LogP contribution in [0.25, 0.3) is 10.8 Å². The first kappa shape index (κ1) is 20.7. The Balaban J connectivity index is 2.21. The number of fused-ring (bicyclic) bond motifs is 1. The van der Waals surface area contributed by atoms with Crippen LogP contribution >= 0.6 is 22.6 Å². The van der Waals surface area contributed by atoms with E-state index in [1.165, 1.54) is 21.9 Å². The lowest BCUT2D eigenvalue weighted by atomic mass is 9.98. The second-order valence-electron chi connectivity index (χ2n) is 8.32. The molecular weight excluding hydrogens is 435 g/mol. The van der Waals surface area contributed by atoms with E-state index in [1.54, 1.807) is 0 Å². The average Bonchev–Trinajstić information content (AvgIpc) is 2.56. The van der Waals surface area contributed by atoms with Crippen molar-refractivity contribution in [3.05, 3.63) is 57.7 Å². The van der Waals surface area contributed by atoms with E-state index in [9.17, 15) is 0 Å². The summed E-state index contributed by atoms with van der Waals surface area (Å²) in [4.78, 5) is 0. The van der Waals surface area contributed by atoms with Gasteiger partial charge in [0.15, 0.2) is 8.32 Å². The highest BCUT2D eigenvalue weighted by molar-refractivity contribution is 14.1. The van der Waals surface area contributed by atoms with Crippen molar-refractivity contribution in [2.75, 3.05) is 0 Å². The highest BCUT2D eigenvalue weighted by Crippen LogP contribution is 2.39. The Morgan fingerprint density at radius 1 is 1.12 bits per heavy atom. The molecular formula is C22H31IOSi. The number of rotatable bonds is 6. The molecule has 0 saturated heterocycles. The molecule has 1 nitrogen and oxygen atoms in total. The van der Waals surface area contributed by atoms with Gasteiger partial charge in [-0.3, -0.25) is 0 Å². The molecule has 0 radical (unpaired) electrons. The first-order chi connectivity index (χ1) is 11.7. The molecule has 0 aliphatic heterocycles. The third kappa shape index (κ3) is 5.17. The first-order valence-electron chi connectivity index (χ1n) is 9.12. The minimum absolute atomic E-state index is 0.212. The molecule has 0 spiro atoms. The van der Waals surface area contributed by atoms with Crippen LogP contribution < -0.4 is 0 Å². The molecule has 0 aliphatic rings. The summed E-state index contributed by atoms with van der Waals surface area (Å²) in [6, 6.07) is 15.4. The normalized spacial score (nSPS) is 14.8. The number of hydrogen-bond donors (Lipinski definition) is 0. The smallest absolute Gasteiger partial charge is 0.192 e. The lowest BCUT2D eigenvalue weighted by molar-refractivity contribution is 0.207. The monoisotopic (exact) mass is 466 g/mol. The highest BCUT2D eigenvalue weighted by atomic mass is 127. The van der Waals surface area contributed by atoms with Crippen molar-refractivity contribution >= 4 is 41.7 Å². The molecule has 1 unspecified atom stereocenters. The molecule has 2 aromatic rings. The minimum atomic E-state index is -1.77. The molecule has 0 saturated carbocycles. The second kappa shape index (κ2) is 8.36. The van der Waals surface area contributed by atoms with Gasteiger partial charge in [-0.05, 0) is 57.0 Å². The maximum atomic E-state index is 6.73. The van der Waals surface area contributed by atoms with Gasteiger partial charge in [-0.1, -0.05) is 92.8 Å². The van der Waals surface area contributed by atoms with Crippen LogP contribution in [0.5, 0.6) is 0 Å². The quantitative estimate of drug-likeness (QED) is 0.316. The van der Waals surface area contributed by atoms with Crippen molar-refractivity contribution in [1.29, 1.82) is 0 Å². The van der Waals surface area contributed by atoms with Gasteiger partial charge in [-0.25, -0.2) is 0 Å². The maximum absolute atomic E-state index is 6.73. The average molecular weight is 466 g/mol. The summed E-state index contributed by atoms with van der Waals surface area (Å²) in [5.74, 6) is 0. The van der Waals surface area contributed by atoms with Crippen LogP contribution in [0.2, 0.25) is 18.1 Å². The minimum Gasteiger partial charge on any atom is -0.410 e. The van der Waals surface area contributed by atoms with Gasteiger partial charge in [0.25, 0.3) is 0 Å². The van der Waals surface area contributed by atoms with E-state index in [2.05, 4.69) is 110 Å². The van der Waals surface area contributed by atoms with Gasteiger partial charge in [0.1, 0.15) is 0 Å². The number of benzene rings is 2. The fourth-order valence-corrected chi connectivity index (χ4v) is 4.76. The summed E-state index contributed by atoms with van der Waals surface area (Å²) in [6.07, 6.45) is 2.19. The van der Waals surface area contributed by atoms with Crippen molar-refractivity contribution in [3.63, 3.8) is 0 Å². The summed E-state index contributed by atoms with van der Waals surface area (Å²) >= 11 is 2.38. The Labute approximate surface area is 168 Å². The van der Waals surface area contributed by atoms with Crippen LogP contribution in [0, 0.1) is 0 Å². The fraction of sp³-hybridized carbons (Fsp3) is 0.455. The van der Waals surface area contributed by atoms with Crippen molar-refractivity contribution in [2.45, 2.75) is 64.8 Å². The van der Waals surface area contributed by atoms with Crippen molar-refractivity contribution in [2.24, 2.45) is 0 Å². The lowest BCUT2D eigenvalue weighted by Crippen LogP contribution is -2.44. The van der Waals surface area contributed by atoms with Gasteiger partial charge in [0, 0.05) is 0 Å². The molecule has 0 N–H and O–H groups in total. The molecule has 3 heteroatoms. The van der Waals surface area contributed by atoms with Gasteiger partial charge >= 0.3 is 0 Å². The van der Waals surface area contributed by atoms with E-state index in [-0.39, 0.29) is 11.1 Å². The highest BCUT2D eigenvalue weighted by Gasteiger charge is 2.39. The predicted octanol–water partition coefficient (Wildman–Crippen LogP) is 7.50. The zero-order valence-electron chi connectivity index (χ0n) is 16.4. The van der Waals surface area contributed by atoms with Crippen LogP contribution in [-0.4, -0.2) is 14.4 Å². The SMILES string of the molecule is CCC(O[Si](C)(C)C(C)(C)C)/C(=C/I)Cc1ccc2ccccc2c1. The van der Waals surface area contributed by atoms with Crippen molar-refractivity contribution in [1.82, 2.24) is 0 Å². The molecule has 0 amide bonds. The van der Waals surface area contributed by atoms with Gasteiger partial charge in [-0.15, -0.1) is 0 Å².